The quantitative estimate of drug-likeness (QED) is 0.606. The van der Waals surface area contributed by atoms with Gasteiger partial charge in [-0.15, -0.1) is 28.3 Å². The molecule has 0 amide bonds. The van der Waals surface area contributed by atoms with Crippen molar-refractivity contribution in [3.8, 4) is 11.5 Å². The minimum atomic E-state index is -0.00785. The van der Waals surface area contributed by atoms with Crippen LogP contribution in [0.5, 0.6) is 11.5 Å². The second-order valence-electron chi connectivity index (χ2n) is 6.17. The molecule has 2 heterocycles. The zero-order chi connectivity index (χ0) is 14.7. The molecule has 1 aromatic carbocycles. The lowest BCUT2D eigenvalue weighted by Gasteiger charge is -2.38. The van der Waals surface area contributed by atoms with Gasteiger partial charge in [0.2, 0.25) is 0 Å². The van der Waals surface area contributed by atoms with Crippen molar-refractivity contribution in [2.75, 3.05) is 0 Å². The summed E-state index contributed by atoms with van der Waals surface area (Å²) in [6.07, 6.45) is 2.04. The summed E-state index contributed by atoms with van der Waals surface area (Å²) in [7, 11) is 0. The number of benzene rings is 1. The van der Waals surface area contributed by atoms with E-state index in [9.17, 15) is 10.2 Å². The fraction of sp³-hybridized carbons (Fsp3) is 0.412. The van der Waals surface area contributed by atoms with E-state index in [0.717, 1.165) is 19.4 Å². The molecule has 0 spiro atoms. The fourth-order valence-electron chi connectivity index (χ4n) is 3.78. The first-order valence-electron chi connectivity index (χ1n) is 7.43. The van der Waals surface area contributed by atoms with Crippen LogP contribution in [0.25, 0.3) is 0 Å². The number of fused-ring (bicyclic) bond motifs is 5. The number of phenolic OH excluding ortho intramolecular Hbond substituents is 2. The molecule has 4 rings (SSSR count). The molecule has 2 atom stereocenters. The van der Waals surface area contributed by atoms with Crippen molar-refractivity contribution < 1.29 is 10.2 Å². The molecule has 1 aliphatic heterocycles. The van der Waals surface area contributed by atoms with Gasteiger partial charge < -0.3 is 15.5 Å². The van der Waals surface area contributed by atoms with E-state index < -0.39 is 0 Å². The highest BCUT2D eigenvalue weighted by Gasteiger charge is 2.37. The van der Waals surface area contributed by atoms with Crippen LogP contribution in [0.4, 0.5) is 0 Å². The van der Waals surface area contributed by atoms with Crippen molar-refractivity contribution in [1.82, 2.24) is 5.32 Å². The number of thiophene rings is 1. The highest BCUT2D eigenvalue weighted by molar-refractivity contribution is 8.93. The van der Waals surface area contributed by atoms with Crippen LogP contribution in [0.2, 0.25) is 0 Å². The topological polar surface area (TPSA) is 52.5 Å². The van der Waals surface area contributed by atoms with Gasteiger partial charge in [-0.25, -0.2) is 0 Å². The second kappa shape index (κ2) is 5.55. The van der Waals surface area contributed by atoms with Gasteiger partial charge in [0.15, 0.2) is 11.5 Å². The maximum atomic E-state index is 9.91. The highest BCUT2D eigenvalue weighted by Crippen LogP contribution is 2.47. The summed E-state index contributed by atoms with van der Waals surface area (Å²) >= 11 is 1.89. The Morgan fingerprint density at radius 3 is 2.68 bits per heavy atom. The molecule has 0 bridgehead atoms. The smallest absolute Gasteiger partial charge is 0.157 e. The average Bonchev–Trinajstić information content (AvgIpc) is 2.75. The molecule has 0 radical (unpaired) electrons. The number of hydrogen-bond donors (Lipinski definition) is 3. The molecule has 0 fully saturated rings. The van der Waals surface area contributed by atoms with Crippen LogP contribution in [0.1, 0.15) is 44.3 Å². The van der Waals surface area contributed by atoms with Crippen LogP contribution in [0.15, 0.2) is 12.1 Å². The average molecular weight is 382 g/mol. The fourth-order valence-corrected chi connectivity index (χ4v) is 5.16. The lowest BCUT2D eigenvalue weighted by Crippen LogP contribution is -2.42. The number of aryl methyl sites for hydroxylation is 2. The number of nitrogens with one attached hydrogen (secondary N) is 1. The molecule has 22 heavy (non-hydrogen) atoms. The lowest BCUT2D eigenvalue weighted by atomic mass is 9.75. The van der Waals surface area contributed by atoms with Gasteiger partial charge in [-0.1, -0.05) is 0 Å². The molecule has 5 heteroatoms. The van der Waals surface area contributed by atoms with E-state index in [4.69, 9.17) is 0 Å². The number of hydrogen-bond acceptors (Lipinski definition) is 4. The molecule has 2 aliphatic rings. The summed E-state index contributed by atoms with van der Waals surface area (Å²) in [6, 6.07) is 3.94. The van der Waals surface area contributed by atoms with Crippen molar-refractivity contribution >= 4 is 28.3 Å². The maximum absolute atomic E-state index is 9.91. The van der Waals surface area contributed by atoms with Crippen molar-refractivity contribution in [3.63, 3.8) is 0 Å². The number of halogens is 1. The Hall–Kier alpha value is -1.04. The summed E-state index contributed by atoms with van der Waals surface area (Å²) in [5.41, 5.74) is 5.18. The number of rotatable bonds is 0. The van der Waals surface area contributed by atoms with Gasteiger partial charge in [0.25, 0.3) is 0 Å². The van der Waals surface area contributed by atoms with Gasteiger partial charge in [-0.2, -0.15) is 0 Å². The predicted octanol–water partition coefficient (Wildman–Crippen LogP) is 3.90. The van der Waals surface area contributed by atoms with Crippen LogP contribution in [0.3, 0.4) is 0 Å². The molecule has 3 nitrogen and oxygen atoms in total. The molecule has 1 aromatic heterocycles. The molecule has 118 valence electrons. The third-order valence-corrected chi connectivity index (χ3v) is 6.40. The van der Waals surface area contributed by atoms with Gasteiger partial charge in [0, 0.05) is 28.3 Å². The van der Waals surface area contributed by atoms with Crippen molar-refractivity contribution in [2.24, 2.45) is 0 Å². The van der Waals surface area contributed by atoms with E-state index >= 15 is 0 Å². The normalized spacial score (nSPS) is 22.3. The van der Waals surface area contributed by atoms with Crippen molar-refractivity contribution in [2.45, 2.75) is 45.2 Å². The highest BCUT2D eigenvalue weighted by atomic mass is 79.9. The summed E-state index contributed by atoms with van der Waals surface area (Å²) in [5, 5.41) is 23.3. The SMILES string of the molecule is Br.Cc1sc2c(c1C)CNC1CCc3cc(O)c(O)cc3C21. The Morgan fingerprint density at radius 1 is 1.18 bits per heavy atom. The Morgan fingerprint density at radius 2 is 1.91 bits per heavy atom. The van der Waals surface area contributed by atoms with Crippen LogP contribution < -0.4 is 5.32 Å². The summed E-state index contributed by atoms with van der Waals surface area (Å²) in [4.78, 5) is 2.83. The van der Waals surface area contributed by atoms with Crippen LogP contribution in [0, 0.1) is 13.8 Å². The van der Waals surface area contributed by atoms with Crippen molar-refractivity contribution in [1.29, 1.82) is 0 Å². The zero-order valence-corrected chi connectivity index (χ0v) is 15.2. The zero-order valence-electron chi connectivity index (χ0n) is 12.6. The van der Waals surface area contributed by atoms with Crippen LogP contribution >= 0.6 is 28.3 Å². The minimum absolute atomic E-state index is 0. The molecule has 2 unspecified atom stereocenters. The molecular formula is C17H20BrNO2S. The van der Waals surface area contributed by atoms with E-state index in [1.807, 2.05) is 11.3 Å². The van der Waals surface area contributed by atoms with Crippen LogP contribution in [-0.4, -0.2) is 16.3 Å². The largest absolute Gasteiger partial charge is 0.504 e. The van der Waals surface area contributed by atoms with Gasteiger partial charge in [0.1, 0.15) is 0 Å². The van der Waals surface area contributed by atoms with Gasteiger partial charge in [-0.05, 0) is 61.1 Å². The molecule has 0 saturated carbocycles. The molecule has 1 aliphatic carbocycles. The second-order valence-corrected chi connectivity index (χ2v) is 7.43. The number of aromatic hydroxyl groups is 2. The summed E-state index contributed by atoms with van der Waals surface area (Å²) < 4.78 is 0. The summed E-state index contributed by atoms with van der Waals surface area (Å²) in [6.45, 7) is 5.34. The lowest BCUT2D eigenvalue weighted by molar-refractivity contribution is 0.382. The third kappa shape index (κ3) is 2.18. The molecule has 2 aromatic rings. The first kappa shape index (κ1) is 15.8. The number of phenols is 2. The van der Waals surface area contributed by atoms with Gasteiger partial charge in [-0.3, -0.25) is 0 Å². The van der Waals surface area contributed by atoms with Crippen molar-refractivity contribution in [3.05, 3.63) is 44.1 Å². The van der Waals surface area contributed by atoms with Gasteiger partial charge in [0.05, 0.1) is 0 Å². The first-order valence-corrected chi connectivity index (χ1v) is 8.24. The standard InChI is InChI=1S/C17H19NO2S.BrH/c1-8-9(2)21-17-12(8)7-18-13-4-3-10-5-14(19)15(20)6-11(10)16(13)17;/h5-6,13,16,18-20H,3-4,7H2,1-2H3;1H. The Balaban J connectivity index is 0.00000144. The molecule has 3 N–H and O–H groups in total. The van der Waals surface area contributed by atoms with E-state index in [2.05, 4.69) is 19.2 Å². The van der Waals surface area contributed by atoms with Crippen LogP contribution in [-0.2, 0) is 13.0 Å². The Bertz CT molecular complexity index is 741. The Kier molecular flexibility index (Phi) is 4.00. The Labute approximate surface area is 144 Å². The van der Waals surface area contributed by atoms with E-state index in [1.54, 1.807) is 12.1 Å². The minimum Gasteiger partial charge on any atom is -0.504 e. The first-order chi connectivity index (χ1) is 10.1. The van der Waals surface area contributed by atoms with E-state index in [-0.39, 0.29) is 28.5 Å². The predicted molar refractivity (Wildman–Crippen MR) is 94.7 cm³/mol. The summed E-state index contributed by atoms with van der Waals surface area (Å²) in [5.74, 6) is 0.294. The van der Waals surface area contributed by atoms with E-state index in [1.165, 1.54) is 32.0 Å². The monoisotopic (exact) mass is 381 g/mol. The molecular weight excluding hydrogens is 362 g/mol. The maximum Gasteiger partial charge on any atom is 0.157 e. The van der Waals surface area contributed by atoms with Gasteiger partial charge >= 0.3 is 0 Å². The molecule has 0 saturated heterocycles. The third-order valence-electron chi connectivity index (χ3n) is 5.06. The van der Waals surface area contributed by atoms with E-state index in [0.29, 0.717) is 12.0 Å².